The lowest BCUT2D eigenvalue weighted by Crippen LogP contribution is -2.16. The standard InChI is InChI=1S/C14H15N3/c1-14(2,3)13-16-9-10-8-15-11-6-4-5-7-12(11)17(10)13/h4-9H,1-3H3. The zero-order valence-corrected chi connectivity index (χ0v) is 10.3. The van der Waals surface area contributed by atoms with E-state index in [-0.39, 0.29) is 5.41 Å². The summed E-state index contributed by atoms with van der Waals surface area (Å²) in [5.41, 5.74) is 3.20. The van der Waals surface area contributed by atoms with Gasteiger partial charge < -0.3 is 0 Å². The maximum atomic E-state index is 4.54. The predicted molar refractivity (Wildman–Crippen MR) is 69.2 cm³/mol. The van der Waals surface area contributed by atoms with E-state index in [1.165, 1.54) is 0 Å². The highest BCUT2D eigenvalue weighted by Crippen LogP contribution is 2.25. The van der Waals surface area contributed by atoms with Crippen LogP contribution in [0.25, 0.3) is 16.6 Å². The van der Waals surface area contributed by atoms with E-state index in [1.807, 2.05) is 30.6 Å². The molecule has 0 aliphatic heterocycles. The Labute approximate surface area is 100 Å². The molecule has 0 atom stereocenters. The number of imidazole rings is 1. The first-order valence-electron chi connectivity index (χ1n) is 5.79. The molecule has 0 aliphatic carbocycles. The number of fused-ring (bicyclic) bond motifs is 3. The van der Waals surface area contributed by atoms with Gasteiger partial charge in [-0.05, 0) is 12.1 Å². The highest BCUT2D eigenvalue weighted by Gasteiger charge is 2.20. The Morgan fingerprint density at radius 2 is 1.71 bits per heavy atom. The average molecular weight is 225 g/mol. The van der Waals surface area contributed by atoms with Crippen LogP contribution < -0.4 is 0 Å². The topological polar surface area (TPSA) is 30.2 Å². The molecule has 3 nitrogen and oxygen atoms in total. The zero-order valence-electron chi connectivity index (χ0n) is 10.3. The fourth-order valence-corrected chi connectivity index (χ4v) is 2.14. The molecule has 2 aromatic heterocycles. The fourth-order valence-electron chi connectivity index (χ4n) is 2.14. The maximum absolute atomic E-state index is 4.54. The molecule has 1 aromatic carbocycles. The lowest BCUT2D eigenvalue weighted by molar-refractivity contribution is 0.546. The molecule has 2 heterocycles. The highest BCUT2D eigenvalue weighted by molar-refractivity contribution is 5.78. The first kappa shape index (κ1) is 10.3. The normalized spacial score (nSPS) is 12.4. The summed E-state index contributed by atoms with van der Waals surface area (Å²) >= 11 is 0. The quantitative estimate of drug-likeness (QED) is 0.588. The minimum absolute atomic E-state index is 0.0243. The van der Waals surface area contributed by atoms with Crippen molar-refractivity contribution >= 4 is 16.6 Å². The number of para-hydroxylation sites is 2. The van der Waals surface area contributed by atoms with E-state index in [9.17, 15) is 0 Å². The van der Waals surface area contributed by atoms with Crippen LogP contribution in [0.15, 0.2) is 36.7 Å². The van der Waals surface area contributed by atoms with E-state index < -0.39 is 0 Å². The van der Waals surface area contributed by atoms with Crippen LogP contribution in [0.1, 0.15) is 26.6 Å². The molecular formula is C14H15N3. The van der Waals surface area contributed by atoms with Crippen molar-refractivity contribution in [3.63, 3.8) is 0 Å². The van der Waals surface area contributed by atoms with Crippen molar-refractivity contribution in [2.45, 2.75) is 26.2 Å². The molecule has 86 valence electrons. The van der Waals surface area contributed by atoms with Crippen molar-refractivity contribution in [2.24, 2.45) is 0 Å². The summed E-state index contributed by atoms with van der Waals surface area (Å²) in [5.74, 6) is 1.08. The first-order chi connectivity index (χ1) is 8.07. The number of hydrogen-bond donors (Lipinski definition) is 0. The Kier molecular flexibility index (Phi) is 1.99. The molecule has 0 N–H and O–H groups in total. The third-order valence-corrected chi connectivity index (χ3v) is 2.92. The van der Waals surface area contributed by atoms with Crippen molar-refractivity contribution in [1.82, 2.24) is 14.4 Å². The van der Waals surface area contributed by atoms with Crippen LogP contribution in [0.3, 0.4) is 0 Å². The average Bonchev–Trinajstić information content (AvgIpc) is 2.72. The van der Waals surface area contributed by atoms with Gasteiger partial charge in [0, 0.05) is 5.41 Å². The van der Waals surface area contributed by atoms with Gasteiger partial charge in [-0.3, -0.25) is 9.38 Å². The summed E-state index contributed by atoms with van der Waals surface area (Å²) in [6, 6.07) is 8.16. The summed E-state index contributed by atoms with van der Waals surface area (Å²) < 4.78 is 2.20. The molecule has 3 aromatic rings. The van der Waals surface area contributed by atoms with Crippen LogP contribution >= 0.6 is 0 Å². The largest absolute Gasteiger partial charge is 0.293 e. The van der Waals surface area contributed by atoms with Gasteiger partial charge in [0.05, 0.1) is 28.9 Å². The lowest BCUT2D eigenvalue weighted by atomic mass is 9.96. The van der Waals surface area contributed by atoms with E-state index >= 15 is 0 Å². The molecule has 0 aliphatic rings. The summed E-state index contributed by atoms with van der Waals surface area (Å²) in [4.78, 5) is 8.98. The number of benzene rings is 1. The van der Waals surface area contributed by atoms with Crippen LogP contribution in [0, 0.1) is 0 Å². The lowest BCUT2D eigenvalue weighted by Gasteiger charge is -2.17. The highest BCUT2D eigenvalue weighted by atomic mass is 15.0. The monoisotopic (exact) mass is 225 g/mol. The third-order valence-electron chi connectivity index (χ3n) is 2.92. The summed E-state index contributed by atoms with van der Waals surface area (Å²) in [7, 11) is 0. The van der Waals surface area contributed by atoms with Crippen LogP contribution in [-0.4, -0.2) is 14.4 Å². The minimum Gasteiger partial charge on any atom is -0.293 e. The first-order valence-corrected chi connectivity index (χ1v) is 5.79. The SMILES string of the molecule is CC(C)(C)c1ncc2cnc3ccccc3n12. The maximum Gasteiger partial charge on any atom is 0.119 e. The minimum atomic E-state index is 0.0243. The molecule has 17 heavy (non-hydrogen) atoms. The summed E-state index contributed by atoms with van der Waals surface area (Å²) in [6.45, 7) is 6.53. The van der Waals surface area contributed by atoms with Gasteiger partial charge in [-0.15, -0.1) is 0 Å². The Morgan fingerprint density at radius 1 is 1.00 bits per heavy atom. The van der Waals surface area contributed by atoms with Gasteiger partial charge in [0.15, 0.2) is 0 Å². The molecule has 0 fully saturated rings. The van der Waals surface area contributed by atoms with Crippen molar-refractivity contribution in [3.05, 3.63) is 42.5 Å². The van der Waals surface area contributed by atoms with E-state index in [1.54, 1.807) is 0 Å². The van der Waals surface area contributed by atoms with Crippen LogP contribution in [0.2, 0.25) is 0 Å². The van der Waals surface area contributed by atoms with Crippen molar-refractivity contribution in [1.29, 1.82) is 0 Å². The molecule has 0 saturated carbocycles. The second kappa shape index (κ2) is 3.29. The second-order valence-corrected chi connectivity index (χ2v) is 5.34. The Balaban J connectivity index is 2.51. The molecule has 0 saturated heterocycles. The predicted octanol–water partition coefficient (Wildman–Crippen LogP) is 3.18. The van der Waals surface area contributed by atoms with Gasteiger partial charge in [-0.25, -0.2) is 4.98 Å². The smallest absolute Gasteiger partial charge is 0.119 e. The Morgan fingerprint density at radius 3 is 2.47 bits per heavy atom. The van der Waals surface area contributed by atoms with Gasteiger partial charge in [0.1, 0.15) is 5.82 Å². The van der Waals surface area contributed by atoms with E-state index in [2.05, 4.69) is 41.2 Å². The van der Waals surface area contributed by atoms with Crippen molar-refractivity contribution < 1.29 is 0 Å². The van der Waals surface area contributed by atoms with E-state index in [0.29, 0.717) is 0 Å². The second-order valence-electron chi connectivity index (χ2n) is 5.34. The molecule has 3 heteroatoms. The number of rotatable bonds is 0. The molecule has 0 amide bonds. The van der Waals surface area contributed by atoms with Crippen LogP contribution in [0.4, 0.5) is 0 Å². The van der Waals surface area contributed by atoms with E-state index in [0.717, 1.165) is 22.4 Å². The van der Waals surface area contributed by atoms with Crippen LogP contribution in [-0.2, 0) is 5.41 Å². The Hall–Kier alpha value is -1.90. The molecule has 0 bridgehead atoms. The summed E-state index contributed by atoms with van der Waals surface area (Å²) in [5, 5.41) is 0. The van der Waals surface area contributed by atoms with Gasteiger partial charge in [0.25, 0.3) is 0 Å². The fraction of sp³-hybridized carbons (Fsp3) is 0.286. The number of aromatic nitrogens is 3. The zero-order chi connectivity index (χ0) is 12.0. The van der Waals surface area contributed by atoms with Gasteiger partial charge in [0.2, 0.25) is 0 Å². The van der Waals surface area contributed by atoms with Crippen molar-refractivity contribution in [3.8, 4) is 0 Å². The molecule has 3 rings (SSSR count). The Bertz CT molecular complexity index is 689. The molecular weight excluding hydrogens is 210 g/mol. The molecule has 0 radical (unpaired) electrons. The number of nitrogens with zero attached hydrogens (tertiary/aromatic N) is 3. The molecule has 0 spiro atoms. The van der Waals surface area contributed by atoms with Crippen molar-refractivity contribution in [2.75, 3.05) is 0 Å². The van der Waals surface area contributed by atoms with Gasteiger partial charge in [-0.1, -0.05) is 32.9 Å². The van der Waals surface area contributed by atoms with Crippen LogP contribution in [0.5, 0.6) is 0 Å². The van der Waals surface area contributed by atoms with Gasteiger partial charge in [-0.2, -0.15) is 0 Å². The molecule has 0 unspecified atom stereocenters. The number of hydrogen-bond acceptors (Lipinski definition) is 2. The van der Waals surface area contributed by atoms with Gasteiger partial charge >= 0.3 is 0 Å². The summed E-state index contributed by atoms with van der Waals surface area (Å²) in [6.07, 6.45) is 3.77. The third kappa shape index (κ3) is 1.50. The van der Waals surface area contributed by atoms with E-state index in [4.69, 9.17) is 0 Å².